The number of nitrogen functional groups attached to an aromatic ring is 1. The van der Waals surface area contributed by atoms with Crippen molar-refractivity contribution in [2.75, 3.05) is 32.3 Å². The molecule has 0 spiro atoms. The lowest BCUT2D eigenvalue weighted by Gasteiger charge is -2.19. The van der Waals surface area contributed by atoms with E-state index in [9.17, 15) is 4.79 Å². The van der Waals surface area contributed by atoms with Crippen molar-refractivity contribution in [3.05, 3.63) is 18.2 Å². The van der Waals surface area contributed by atoms with Gasteiger partial charge in [0.25, 0.3) is 0 Å². The molecule has 5 heteroatoms. The summed E-state index contributed by atoms with van der Waals surface area (Å²) in [4.78, 5) is 13.6. The zero-order valence-electron chi connectivity index (χ0n) is 10.7. The van der Waals surface area contributed by atoms with E-state index in [1.165, 1.54) is 0 Å². The van der Waals surface area contributed by atoms with Crippen LogP contribution in [0.4, 0.5) is 11.4 Å². The second-order valence-electron chi connectivity index (χ2n) is 4.08. The normalized spacial score (nSPS) is 12.3. The quantitative estimate of drug-likeness (QED) is 0.771. The van der Waals surface area contributed by atoms with Crippen molar-refractivity contribution in [3.63, 3.8) is 0 Å². The minimum Gasteiger partial charge on any atom is -0.497 e. The van der Waals surface area contributed by atoms with Crippen LogP contribution in [0.5, 0.6) is 5.75 Å². The summed E-state index contributed by atoms with van der Waals surface area (Å²) in [5.74, 6) is 0.577. The van der Waals surface area contributed by atoms with Gasteiger partial charge in [-0.1, -0.05) is 0 Å². The number of anilines is 2. The molecular formula is C12H19N3O2. The number of ether oxygens (including phenoxy) is 1. The molecular weight excluding hydrogens is 218 g/mol. The molecule has 5 nitrogen and oxygen atoms in total. The van der Waals surface area contributed by atoms with Crippen molar-refractivity contribution in [2.45, 2.75) is 13.0 Å². The molecule has 0 radical (unpaired) electrons. The number of likely N-dealkylation sites (N-methyl/N-ethyl adjacent to an activating group) is 1. The Morgan fingerprint density at radius 2 is 2.12 bits per heavy atom. The third kappa shape index (κ3) is 3.35. The number of rotatable bonds is 4. The first-order valence-corrected chi connectivity index (χ1v) is 5.36. The fourth-order valence-corrected chi connectivity index (χ4v) is 1.25. The lowest BCUT2D eigenvalue weighted by molar-refractivity contribution is -0.119. The molecule has 0 aromatic heterocycles. The number of nitrogens with two attached hydrogens (primary N) is 1. The van der Waals surface area contributed by atoms with Gasteiger partial charge >= 0.3 is 0 Å². The van der Waals surface area contributed by atoms with Gasteiger partial charge in [-0.15, -0.1) is 0 Å². The summed E-state index contributed by atoms with van der Waals surface area (Å²) in [7, 11) is 5.27. The van der Waals surface area contributed by atoms with E-state index < -0.39 is 0 Å². The smallest absolute Gasteiger partial charge is 0.241 e. The van der Waals surface area contributed by atoms with E-state index >= 15 is 0 Å². The molecule has 1 aromatic carbocycles. The standard InChI is InChI=1S/C12H19N3O2/c1-8(15(2)3)12(16)14-11-6-5-9(17-4)7-10(11)13/h5-8H,13H2,1-4H3,(H,14,16). The molecule has 0 heterocycles. The zero-order valence-corrected chi connectivity index (χ0v) is 10.7. The van der Waals surface area contributed by atoms with Crippen molar-refractivity contribution in [3.8, 4) is 5.75 Å². The zero-order chi connectivity index (χ0) is 13.0. The van der Waals surface area contributed by atoms with Crippen LogP contribution in [0.25, 0.3) is 0 Å². The summed E-state index contributed by atoms with van der Waals surface area (Å²) in [6.07, 6.45) is 0. The number of nitrogens with one attached hydrogen (secondary N) is 1. The van der Waals surface area contributed by atoms with Gasteiger partial charge in [-0.25, -0.2) is 0 Å². The van der Waals surface area contributed by atoms with Crippen molar-refractivity contribution in [2.24, 2.45) is 0 Å². The Bertz CT molecular complexity index is 405. The van der Waals surface area contributed by atoms with Gasteiger partial charge in [0.1, 0.15) is 5.75 Å². The van der Waals surface area contributed by atoms with Crippen LogP contribution < -0.4 is 15.8 Å². The summed E-state index contributed by atoms with van der Waals surface area (Å²) in [5, 5.41) is 2.78. The molecule has 0 aliphatic rings. The molecule has 94 valence electrons. The monoisotopic (exact) mass is 237 g/mol. The van der Waals surface area contributed by atoms with E-state index in [1.807, 2.05) is 25.9 Å². The molecule has 0 saturated heterocycles. The molecule has 0 aliphatic carbocycles. The van der Waals surface area contributed by atoms with Crippen LogP contribution in [0.15, 0.2) is 18.2 Å². The highest BCUT2D eigenvalue weighted by Crippen LogP contribution is 2.24. The number of methoxy groups -OCH3 is 1. The lowest BCUT2D eigenvalue weighted by atomic mass is 10.2. The number of carbonyl (C=O) groups excluding carboxylic acids is 1. The van der Waals surface area contributed by atoms with E-state index in [2.05, 4.69) is 5.32 Å². The molecule has 1 amide bonds. The molecule has 0 aliphatic heterocycles. The number of carbonyl (C=O) groups is 1. The maximum atomic E-state index is 11.8. The summed E-state index contributed by atoms with van der Waals surface area (Å²) in [6, 6.07) is 4.95. The van der Waals surface area contributed by atoms with E-state index in [0.717, 1.165) is 0 Å². The first kappa shape index (κ1) is 13.3. The van der Waals surface area contributed by atoms with Gasteiger partial charge in [-0.3, -0.25) is 9.69 Å². The van der Waals surface area contributed by atoms with Gasteiger partial charge in [0.2, 0.25) is 5.91 Å². The van der Waals surface area contributed by atoms with Crippen molar-refractivity contribution in [1.29, 1.82) is 0 Å². The maximum absolute atomic E-state index is 11.8. The van der Waals surface area contributed by atoms with E-state index in [0.29, 0.717) is 17.1 Å². The number of hydrogen-bond donors (Lipinski definition) is 2. The summed E-state index contributed by atoms with van der Waals surface area (Å²) in [6.45, 7) is 1.83. The van der Waals surface area contributed by atoms with Crippen LogP contribution in [0.1, 0.15) is 6.92 Å². The molecule has 1 unspecified atom stereocenters. The average molecular weight is 237 g/mol. The first-order valence-electron chi connectivity index (χ1n) is 5.36. The summed E-state index contributed by atoms with van der Waals surface area (Å²) < 4.78 is 5.04. The SMILES string of the molecule is COc1ccc(NC(=O)C(C)N(C)C)c(N)c1. The Balaban J connectivity index is 2.78. The second-order valence-corrected chi connectivity index (χ2v) is 4.08. The Morgan fingerprint density at radius 3 is 2.59 bits per heavy atom. The predicted octanol–water partition coefficient (Wildman–Crippen LogP) is 1.17. The van der Waals surface area contributed by atoms with Crippen LogP contribution in [-0.4, -0.2) is 38.1 Å². The molecule has 3 N–H and O–H groups in total. The molecule has 0 saturated carbocycles. The maximum Gasteiger partial charge on any atom is 0.241 e. The highest BCUT2D eigenvalue weighted by atomic mass is 16.5. The summed E-state index contributed by atoms with van der Waals surface area (Å²) >= 11 is 0. The average Bonchev–Trinajstić information content (AvgIpc) is 2.30. The van der Waals surface area contributed by atoms with Crippen LogP contribution in [0.2, 0.25) is 0 Å². The number of nitrogens with zero attached hydrogens (tertiary/aromatic N) is 1. The lowest BCUT2D eigenvalue weighted by Crippen LogP contribution is -2.37. The second kappa shape index (κ2) is 5.54. The van der Waals surface area contributed by atoms with Gasteiger partial charge in [0.15, 0.2) is 0 Å². The Labute approximate surface area is 102 Å². The number of benzene rings is 1. The van der Waals surface area contributed by atoms with Crippen LogP contribution in [-0.2, 0) is 4.79 Å². The third-order valence-corrected chi connectivity index (χ3v) is 2.67. The van der Waals surface area contributed by atoms with Gasteiger partial charge in [-0.05, 0) is 33.2 Å². The highest BCUT2D eigenvalue weighted by molar-refractivity contribution is 5.97. The van der Waals surface area contributed by atoms with Gasteiger partial charge in [-0.2, -0.15) is 0 Å². The minimum absolute atomic E-state index is 0.0909. The van der Waals surface area contributed by atoms with Gasteiger partial charge in [0.05, 0.1) is 24.5 Å². The Hall–Kier alpha value is -1.75. The van der Waals surface area contributed by atoms with Gasteiger partial charge in [0, 0.05) is 6.07 Å². The van der Waals surface area contributed by atoms with Gasteiger partial charge < -0.3 is 15.8 Å². The Kier molecular flexibility index (Phi) is 4.34. The molecule has 0 fully saturated rings. The van der Waals surface area contributed by atoms with Crippen LogP contribution >= 0.6 is 0 Å². The first-order chi connectivity index (χ1) is 7.95. The highest BCUT2D eigenvalue weighted by Gasteiger charge is 2.15. The fourth-order valence-electron chi connectivity index (χ4n) is 1.25. The number of hydrogen-bond acceptors (Lipinski definition) is 4. The molecule has 1 aromatic rings. The fraction of sp³-hybridized carbons (Fsp3) is 0.417. The minimum atomic E-state index is -0.212. The van der Waals surface area contributed by atoms with E-state index in [4.69, 9.17) is 10.5 Å². The molecule has 1 atom stereocenters. The topological polar surface area (TPSA) is 67.6 Å². The molecule has 0 bridgehead atoms. The third-order valence-electron chi connectivity index (χ3n) is 2.67. The van der Waals surface area contributed by atoms with E-state index in [-0.39, 0.29) is 11.9 Å². The molecule has 17 heavy (non-hydrogen) atoms. The van der Waals surface area contributed by atoms with Crippen molar-refractivity contribution < 1.29 is 9.53 Å². The molecule has 1 rings (SSSR count). The Morgan fingerprint density at radius 1 is 1.47 bits per heavy atom. The number of amides is 1. The van der Waals surface area contributed by atoms with E-state index in [1.54, 1.807) is 25.3 Å². The largest absolute Gasteiger partial charge is 0.497 e. The van der Waals surface area contributed by atoms with Crippen molar-refractivity contribution in [1.82, 2.24) is 4.90 Å². The van der Waals surface area contributed by atoms with Crippen LogP contribution in [0.3, 0.4) is 0 Å². The summed E-state index contributed by atoms with van der Waals surface area (Å²) in [5.41, 5.74) is 6.90. The van der Waals surface area contributed by atoms with Crippen molar-refractivity contribution >= 4 is 17.3 Å². The predicted molar refractivity (Wildman–Crippen MR) is 69.2 cm³/mol. The van der Waals surface area contributed by atoms with Crippen LogP contribution in [0, 0.1) is 0 Å².